The molecule has 0 spiro atoms. The van der Waals surface area contributed by atoms with Gasteiger partial charge in [0.05, 0.1) is 19.1 Å². The Balaban J connectivity index is 2.04. The molecular weight excluding hydrogens is 220 g/mol. The van der Waals surface area contributed by atoms with Gasteiger partial charge in [-0.2, -0.15) is 0 Å². The predicted octanol–water partition coefficient (Wildman–Crippen LogP) is 0.924. The monoisotopic (exact) mass is 236 g/mol. The topological polar surface area (TPSA) is 70.6 Å². The lowest BCUT2D eigenvalue weighted by Gasteiger charge is -2.43. The fraction of sp³-hybridized carbons (Fsp3) is 0.417. The number of carboxylic acids is 1. The Labute approximate surface area is 99.8 Å². The first kappa shape index (κ1) is 11.7. The first-order chi connectivity index (χ1) is 8.13. The molecule has 1 heterocycles. The number of aliphatic carboxylic acids is 1. The summed E-state index contributed by atoms with van der Waals surface area (Å²) in [6.07, 6.45) is 0.117. The lowest BCUT2D eigenvalue weighted by molar-refractivity contribution is -0.138. The van der Waals surface area contributed by atoms with Crippen LogP contribution in [0.1, 0.15) is 6.42 Å². The molecular formula is C12H16N2O3. The van der Waals surface area contributed by atoms with Gasteiger partial charge in [-0.05, 0) is 24.3 Å². The minimum absolute atomic E-state index is 0.117. The standard InChI is InChI=1S/C12H16N2O3/c1-17-10-4-2-9(3-5-10)14-12(6-11(15)16)7-13-8-12/h2-5,13-14H,6-8H2,1H3,(H,15,16). The first-order valence-corrected chi connectivity index (χ1v) is 5.48. The van der Waals surface area contributed by atoms with Gasteiger partial charge in [0.1, 0.15) is 5.75 Å². The largest absolute Gasteiger partial charge is 0.497 e. The molecule has 0 unspecified atom stereocenters. The van der Waals surface area contributed by atoms with Crippen molar-refractivity contribution in [1.29, 1.82) is 0 Å². The van der Waals surface area contributed by atoms with Gasteiger partial charge in [-0.3, -0.25) is 4.79 Å². The molecule has 0 atom stereocenters. The van der Waals surface area contributed by atoms with E-state index in [0.29, 0.717) is 13.1 Å². The maximum Gasteiger partial charge on any atom is 0.305 e. The van der Waals surface area contributed by atoms with Gasteiger partial charge in [0.25, 0.3) is 0 Å². The van der Waals surface area contributed by atoms with Crippen LogP contribution in [0, 0.1) is 0 Å². The summed E-state index contributed by atoms with van der Waals surface area (Å²) in [6.45, 7) is 1.34. The average Bonchev–Trinajstić information content (AvgIpc) is 2.26. The second kappa shape index (κ2) is 4.63. The van der Waals surface area contributed by atoms with Gasteiger partial charge in [-0.15, -0.1) is 0 Å². The molecule has 3 N–H and O–H groups in total. The van der Waals surface area contributed by atoms with Crippen LogP contribution in [0.15, 0.2) is 24.3 Å². The van der Waals surface area contributed by atoms with E-state index < -0.39 is 5.97 Å². The van der Waals surface area contributed by atoms with Crippen LogP contribution >= 0.6 is 0 Å². The molecule has 0 bridgehead atoms. The Morgan fingerprint density at radius 1 is 1.47 bits per heavy atom. The van der Waals surface area contributed by atoms with Gasteiger partial charge in [-0.1, -0.05) is 0 Å². The number of benzene rings is 1. The highest BCUT2D eigenvalue weighted by molar-refractivity contribution is 5.70. The number of carboxylic acid groups (broad SMARTS) is 1. The van der Waals surface area contributed by atoms with Crippen molar-refractivity contribution in [3.05, 3.63) is 24.3 Å². The normalized spacial score (nSPS) is 17.0. The number of hydrogen-bond acceptors (Lipinski definition) is 4. The molecule has 1 aromatic rings. The number of hydrogen-bond donors (Lipinski definition) is 3. The van der Waals surface area contributed by atoms with E-state index in [9.17, 15) is 4.79 Å². The molecule has 2 rings (SSSR count). The molecule has 0 amide bonds. The van der Waals surface area contributed by atoms with E-state index in [1.807, 2.05) is 24.3 Å². The van der Waals surface area contributed by atoms with E-state index in [0.717, 1.165) is 11.4 Å². The van der Waals surface area contributed by atoms with Crippen LogP contribution in [0.5, 0.6) is 5.75 Å². The number of rotatable bonds is 5. The van der Waals surface area contributed by atoms with Crippen molar-refractivity contribution in [2.75, 3.05) is 25.5 Å². The van der Waals surface area contributed by atoms with Crippen molar-refractivity contribution < 1.29 is 14.6 Å². The van der Waals surface area contributed by atoms with Crippen LogP contribution in [0.25, 0.3) is 0 Å². The van der Waals surface area contributed by atoms with Gasteiger partial charge in [0.15, 0.2) is 0 Å². The molecule has 1 aliphatic heterocycles. The van der Waals surface area contributed by atoms with Crippen molar-refractivity contribution in [3.8, 4) is 5.75 Å². The number of nitrogens with one attached hydrogen (secondary N) is 2. The van der Waals surface area contributed by atoms with Gasteiger partial charge < -0.3 is 20.5 Å². The molecule has 1 aromatic carbocycles. The van der Waals surface area contributed by atoms with E-state index >= 15 is 0 Å². The Kier molecular flexibility index (Phi) is 3.19. The molecule has 92 valence electrons. The highest BCUT2D eigenvalue weighted by Gasteiger charge is 2.38. The Morgan fingerprint density at radius 2 is 2.12 bits per heavy atom. The lowest BCUT2D eigenvalue weighted by atomic mass is 9.88. The van der Waals surface area contributed by atoms with E-state index in [4.69, 9.17) is 9.84 Å². The van der Waals surface area contributed by atoms with Crippen LogP contribution in [0.4, 0.5) is 5.69 Å². The van der Waals surface area contributed by atoms with Gasteiger partial charge >= 0.3 is 5.97 Å². The van der Waals surface area contributed by atoms with Crippen molar-refractivity contribution in [2.45, 2.75) is 12.0 Å². The van der Waals surface area contributed by atoms with Gasteiger partial charge in [-0.25, -0.2) is 0 Å². The van der Waals surface area contributed by atoms with Crippen LogP contribution in [-0.4, -0.2) is 36.8 Å². The fourth-order valence-corrected chi connectivity index (χ4v) is 1.95. The maximum absolute atomic E-state index is 10.8. The molecule has 0 radical (unpaired) electrons. The molecule has 1 fully saturated rings. The Morgan fingerprint density at radius 3 is 2.53 bits per heavy atom. The third kappa shape index (κ3) is 2.68. The Hall–Kier alpha value is -1.75. The highest BCUT2D eigenvalue weighted by atomic mass is 16.5. The van der Waals surface area contributed by atoms with E-state index in [1.165, 1.54) is 0 Å². The molecule has 0 saturated carbocycles. The third-order valence-corrected chi connectivity index (χ3v) is 2.92. The SMILES string of the molecule is COc1ccc(NC2(CC(=O)O)CNC2)cc1. The minimum atomic E-state index is -0.785. The number of anilines is 1. The summed E-state index contributed by atoms with van der Waals surface area (Å²) >= 11 is 0. The van der Waals surface area contributed by atoms with Crippen LogP contribution in [0.2, 0.25) is 0 Å². The first-order valence-electron chi connectivity index (χ1n) is 5.48. The Bertz CT molecular complexity index is 399. The molecule has 17 heavy (non-hydrogen) atoms. The predicted molar refractivity (Wildman–Crippen MR) is 64.5 cm³/mol. The van der Waals surface area contributed by atoms with Crippen molar-refractivity contribution in [3.63, 3.8) is 0 Å². The molecule has 0 aliphatic carbocycles. The second-order valence-corrected chi connectivity index (χ2v) is 4.31. The van der Waals surface area contributed by atoms with Gasteiger partial charge in [0.2, 0.25) is 0 Å². The summed E-state index contributed by atoms with van der Waals surface area (Å²) in [5.74, 6) is 0.00193. The quantitative estimate of drug-likeness (QED) is 0.709. The minimum Gasteiger partial charge on any atom is -0.497 e. The average molecular weight is 236 g/mol. The summed E-state index contributed by atoms with van der Waals surface area (Å²) in [6, 6.07) is 7.48. The fourth-order valence-electron chi connectivity index (χ4n) is 1.95. The zero-order valence-electron chi connectivity index (χ0n) is 9.69. The van der Waals surface area contributed by atoms with Crippen LogP contribution < -0.4 is 15.4 Å². The zero-order chi connectivity index (χ0) is 12.3. The summed E-state index contributed by atoms with van der Waals surface area (Å²) in [7, 11) is 1.62. The van der Waals surface area contributed by atoms with Crippen molar-refractivity contribution >= 4 is 11.7 Å². The number of carbonyl (C=O) groups is 1. The number of ether oxygens (including phenoxy) is 1. The molecule has 0 aromatic heterocycles. The van der Waals surface area contributed by atoms with Crippen molar-refractivity contribution in [1.82, 2.24) is 5.32 Å². The summed E-state index contributed by atoms with van der Waals surface area (Å²) < 4.78 is 5.07. The summed E-state index contributed by atoms with van der Waals surface area (Å²) in [5, 5.41) is 15.3. The van der Waals surface area contributed by atoms with E-state index in [-0.39, 0.29) is 12.0 Å². The summed E-state index contributed by atoms with van der Waals surface area (Å²) in [5.41, 5.74) is 0.550. The van der Waals surface area contributed by atoms with Crippen LogP contribution in [-0.2, 0) is 4.79 Å². The molecule has 5 heteroatoms. The molecule has 1 saturated heterocycles. The van der Waals surface area contributed by atoms with E-state index in [1.54, 1.807) is 7.11 Å². The second-order valence-electron chi connectivity index (χ2n) is 4.31. The third-order valence-electron chi connectivity index (χ3n) is 2.92. The van der Waals surface area contributed by atoms with Crippen LogP contribution in [0.3, 0.4) is 0 Å². The molecule has 1 aliphatic rings. The smallest absolute Gasteiger partial charge is 0.305 e. The van der Waals surface area contributed by atoms with Crippen molar-refractivity contribution in [2.24, 2.45) is 0 Å². The van der Waals surface area contributed by atoms with E-state index in [2.05, 4.69) is 10.6 Å². The molecule has 5 nitrogen and oxygen atoms in total. The lowest BCUT2D eigenvalue weighted by Crippen LogP contribution is -2.65. The summed E-state index contributed by atoms with van der Waals surface area (Å²) in [4.78, 5) is 10.8. The maximum atomic E-state index is 10.8. The number of methoxy groups -OCH3 is 1. The zero-order valence-corrected chi connectivity index (χ0v) is 9.69. The van der Waals surface area contributed by atoms with Gasteiger partial charge in [0, 0.05) is 18.8 Å². The highest BCUT2D eigenvalue weighted by Crippen LogP contribution is 2.24.